The van der Waals surface area contributed by atoms with E-state index in [9.17, 15) is 19.1 Å². The van der Waals surface area contributed by atoms with E-state index in [4.69, 9.17) is 0 Å². The lowest BCUT2D eigenvalue weighted by atomic mass is 9.80. The van der Waals surface area contributed by atoms with Crippen molar-refractivity contribution in [1.29, 1.82) is 0 Å². The van der Waals surface area contributed by atoms with Gasteiger partial charge >= 0.3 is 0 Å². The van der Waals surface area contributed by atoms with Crippen LogP contribution in [-0.2, 0) is 11.2 Å². The monoisotopic (exact) mass is 265 g/mol. The highest BCUT2D eigenvalue weighted by atomic mass is 19.1. The molecule has 0 bridgehead atoms. The van der Waals surface area contributed by atoms with Gasteiger partial charge in [-0.2, -0.15) is 0 Å². The lowest BCUT2D eigenvalue weighted by Gasteiger charge is -2.26. The largest absolute Gasteiger partial charge is 0.396 e. The fraction of sp³-hybridized carbons (Fsp3) is 0.429. The van der Waals surface area contributed by atoms with Gasteiger partial charge in [-0.05, 0) is 37.0 Å². The van der Waals surface area contributed by atoms with E-state index in [0.717, 1.165) is 0 Å². The van der Waals surface area contributed by atoms with Gasteiger partial charge in [0.1, 0.15) is 5.82 Å². The number of anilines is 1. The molecule has 1 aliphatic carbocycles. The third-order valence-corrected chi connectivity index (χ3v) is 3.54. The van der Waals surface area contributed by atoms with Crippen LogP contribution in [0.5, 0.6) is 0 Å². The minimum absolute atomic E-state index is 0.203. The Morgan fingerprint density at radius 3 is 2.84 bits per heavy atom. The van der Waals surface area contributed by atoms with Crippen LogP contribution >= 0.6 is 0 Å². The first-order valence-electron chi connectivity index (χ1n) is 6.20. The Labute approximate surface area is 110 Å². The second kappa shape index (κ2) is 5.09. The molecule has 2 rings (SSSR count). The number of amides is 1. The molecule has 0 aromatic heterocycles. The zero-order valence-corrected chi connectivity index (χ0v) is 10.9. The predicted molar refractivity (Wildman–Crippen MR) is 68.7 cm³/mol. The van der Waals surface area contributed by atoms with Crippen molar-refractivity contribution in [3.05, 3.63) is 28.6 Å². The lowest BCUT2D eigenvalue weighted by molar-refractivity contribution is -0.114. The maximum atomic E-state index is 13.8. The highest BCUT2D eigenvalue weighted by molar-refractivity contribution is 6.07. The van der Waals surface area contributed by atoms with Crippen molar-refractivity contribution in [3.63, 3.8) is 0 Å². The topological polar surface area (TPSA) is 66.4 Å². The van der Waals surface area contributed by atoms with E-state index in [1.807, 2.05) is 0 Å². The van der Waals surface area contributed by atoms with Gasteiger partial charge in [0.15, 0.2) is 5.78 Å². The van der Waals surface area contributed by atoms with Crippen LogP contribution in [0.1, 0.15) is 34.8 Å². The van der Waals surface area contributed by atoms with E-state index in [1.54, 1.807) is 6.92 Å². The average molecular weight is 265 g/mol. The first-order chi connectivity index (χ1) is 8.95. The predicted octanol–water partition coefficient (Wildman–Crippen LogP) is 1.83. The summed E-state index contributed by atoms with van der Waals surface area (Å²) in [6.07, 6.45) is 1.04. The first kappa shape index (κ1) is 13.7. The van der Waals surface area contributed by atoms with E-state index in [2.05, 4.69) is 5.32 Å². The summed E-state index contributed by atoms with van der Waals surface area (Å²) in [5.41, 5.74) is 1.63. The molecule has 1 aliphatic rings. The average Bonchev–Trinajstić information content (AvgIpc) is 2.34. The molecule has 0 saturated heterocycles. The smallest absolute Gasteiger partial charge is 0.221 e. The van der Waals surface area contributed by atoms with Crippen molar-refractivity contribution in [2.75, 3.05) is 11.9 Å². The minimum Gasteiger partial charge on any atom is -0.396 e. The Bertz CT molecular complexity index is 554. The molecule has 5 heteroatoms. The number of aliphatic hydroxyl groups is 1. The van der Waals surface area contributed by atoms with Gasteiger partial charge in [0, 0.05) is 18.4 Å². The number of carbonyl (C=O) groups excluding carboxylic acids is 2. The molecule has 0 spiro atoms. The molecule has 19 heavy (non-hydrogen) atoms. The molecular formula is C14H16FNO3. The number of carbonyl (C=O) groups is 2. The molecule has 2 N–H and O–H groups in total. The van der Waals surface area contributed by atoms with Gasteiger partial charge in [0.05, 0.1) is 12.3 Å². The summed E-state index contributed by atoms with van der Waals surface area (Å²) in [7, 11) is 0. The Morgan fingerprint density at radius 1 is 1.58 bits per heavy atom. The molecular weight excluding hydrogens is 249 g/mol. The molecule has 102 valence electrons. The lowest BCUT2D eigenvalue weighted by Crippen LogP contribution is -2.28. The molecule has 1 aromatic rings. The number of benzene rings is 1. The number of halogens is 1. The van der Waals surface area contributed by atoms with E-state index in [-0.39, 0.29) is 24.0 Å². The Kier molecular flexibility index (Phi) is 3.66. The number of nitrogens with one attached hydrogen (secondary N) is 1. The number of Topliss-reactive ketones (excluding diaryl/α,β-unsaturated/α-hetero) is 1. The van der Waals surface area contributed by atoms with Crippen molar-refractivity contribution in [1.82, 2.24) is 0 Å². The number of ketones is 1. The van der Waals surface area contributed by atoms with Crippen molar-refractivity contribution in [2.45, 2.75) is 26.7 Å². The molecule has 1 amide bonds. The number of rotatable bonds is 2. The quantitative estimate of drug-likeness (QED) is 0.857. The standard InChI is InChI=1S/C14H16FNO3/c1-7-10-4-3-9(6-17)14(19)13(10)12(5-11(7)15)16-8(2)18/h5,9,17H,3-4,6H2,1-2H3,(H,16,18). The fourth-order valence-corrected chi connectivity index (χ4v) is 2.51. The molecule has 0 saturated carbocycles. The van der Waals surface area contributed by atoms with E-state index in [1.165, 1.54) is 13.0 Å². The van der Waals surface area contributed by atoms with Gasteiger partial charge in [-0.3, -0.25) is 9.59 Å². The molecule has 1 unspecified atom stereocenters. The summed E-state index contributed by atoms with van der Waals surface area (Å²) in [5.74, 6) is -1.48. The molecule has 1 aromatic carbocycles. The molecule has 0 fully saturated rings. The molecule has 0 radical (unpaired) electrons. The second-order valence-electron chi connectivity index (χ2n) is 4.85. The third-order valence-electron chi connectivity index (χ3n) is 3.54. The SMILES string of the molecule is CC(=O)Nc1cc(F)c(C)c2c1C(=O)C(CO)CC2. The van der Waals surface area contributed by atoms with Gasteiger partial charge in [-0.1, -0.05) is 0 Å². The maximum absolute atomic E-state index is 13.8. The zero-order chi connectivity index (χ0) is 14.2. The summed E-state index contributed by atoms with van der Waals surface area (Å²) < 4.78 is 13.8. The maximum Gasteiger partial charge on any atom is 0.221 e. The van der Waals surface area contributed by atoms with Gasteiger partial charge in [-0.15, -0.1) is 0 Å². The van der Waals surface area contributed by atoms with Gasteiger partial charge in [0.25, 0.3) is 0 Å². The van der Waals surface area contributed by atoms with Gasteiger partial charge in [0.2, 0.25) is 5.91 Å². The van der Waals surface area contributed by atoms with Crippen LogP contribution in [-0.4, -0.2) is 23.4 Å². The molecule has 0 aliphatic heterocycles. The van der Waals surface area contributed by atoms with E-state index < -0.39 is 11.7 Å². The molecule has 1 atom stereocenters. The minimum atomic E-state index is -0.468. The van der Waals surface area contributed by atoms with Crippen molar-refractivity contribution < 1.29 is 19.1 Å². The summed E-state index contributed by atoms with van der Waals surface area (Å²) in [5, 5.41) is 11.7. The zero-order valence-electron chi connectivity index (χ0n) is 10.9. The Balaban J connectivity index is 2.60. The Morgan fingerprint density at radius 2 is 2.26 bits per heavy atom. The van der Waals surface area contributed by atoms with Crippen LogP contribution in [0, 0.1) is 18.7 Å². The molecule has 0 heterocycles. The first-order valence-corrected chi connectivity index (χ1v) is 6.20. The van der Waals surface area contributed by atoms with Crippen LogP contribution in [0.2, 0.25) is 0 Å². The fourth-order valence-electron chi connectivity index (χ4n) is 2.51. The van der Waals surface area contributed by atoms with Crippen LogP contribution in [0.25, 0.3) is 0 Å². The van der Waals surface area contributed by atoms with Gasteiger partial charge < -0.3 is 10.4 Å². The number of hydrogen-bond donors (Lipinski definition) is 2. The summed E-state index contributed by atoms with van der Waals surface area (Å²) in [6.45, 7) is 2.70. The van der Waals surface area contributed by atoms with Crippen molar-refractivity contribution in [3.8, 4) is 0 Å². The second-order valence-corrected chi connectivity index (χ2v) is 4.85. The van der Waals surface area contributed by atoms with Crippen LogP contribution in [0.3, 0.4) is 0 Å². The highest BCUT2D eigenvalue weighted by Crippen LogP contribution is 2.34. The van der Waals surface area contributed by atoms with Crippen LogP contribution in [0.4, 0.5) is 10.1 Å². The summed E-state index contributed by atoms with van der Waals surface area (Å²) in [4.78, 5) is 23.4. The Hall–Kier alpha value is -1.75. The number of aliphatic hydroxyl groups excluding tert-OH is 1. The number of fused-ring (bicyclic) bond motifs is 1. The van der Waals surface area contributed by atoms with Crippen LogP contribution < -0.4 is 5.32 Å². The van der Waals surface area contributed by atoms with E-state index in [0.29, 0.717) is 29.5 Å². The van der Waals surface area contributed by atoms with Crippen molar-refractivity contribution in [2.24, 2.45) is 5.92 Å². The van der Waals surface area contributed by atoms with Crippen molar-refractivity contribution >= 4 is 17.4 Å². The molecule has 4 nitrogen and oxygen atoms in total. The van der Waals surface area contributed by atoms with Gasteiger partial charge in [-0.25, -0.2) is 4.39 Å². The highest BCUT2D eigenvalue weighted by Gasteiger charge is 2.31. The number of hydrogen-bond acceptors (Lipinski definition) is 3. The third kappa shape index (κ3) is 2.38. The summed E-state index contributed by atoms with van der Waals surface area (Å²) in [6, 6.07) is 1.17. The van der Waals surface area contributed by atoms with E-state index >= 15 is 0 Å². The van der Waals surface area contributed by atoms with Crippen LogP contribution in [0.15, 0.2) is 6.07 Å². The normalized spacial score (nSPS) is 18.1. The summed E-state index contributed by atoms with van der Waals surface area (Å²) >= 11 is 0.